The van der Waals surface area contributed by atoms with Crippen molar-refractivity contribution in [2.45, 2.75) is 46.6 Å². The highest BCUT2D eigenvalue weighted by molar-refractivity contribution is 5.79. The standard InChI is InChI=1S/C13H23NO/c1-6-7-8-12(9-10(2)3)13(15)14-11(4)5/h6-7,11-12H,2,8-9H2,1,3-5H3,(H,14,15)/b7-6+. The third-order valence-corrected chi connectivity index (χ3v) is 2.05. The van der Waals surface area contributed by atoms with Crippen molar-refractivity contribution in [2.24, 2.45) is 5.92 Å². The molecule has 2 heteroatoms. The van der Waals surface area contributed by atoms with E-state index >= 15 is 0 Å². The van der Waals surface area contributed by atoms with Crippen LogP contribution < -0.4 is 5.32 Å². The fraction of sp³-hybridized carbons (Fsp3) is 0.615. The Hall–Kier alpha value is -1.05. The Balaban J connectivity index is 4.32. The summed E-state index contributed by atoms with van der Waals surface area (Å²) < 4.78 is 0. The Labute approximate surface area is 93.5 Å². The van der Waals surface area contributed by atoms with Gasteiger partial charge in [-0.05, 0) is 40.5 Å². The molecule has 2 nitrogen and oxygen atoms in total. The van der Waals surface area contributed by atoms with Crippen LogP contribution in [0, 0.1) is 5.92 Å². The lowest BCUT2D eigenvalue weighted by atomic mass is 9.96. The second-order valence-corrected chi connectivity index (χ2v) is 4.33. The zero-order valence-electron chi connectivity index (χ0n) is 10.3. The van der Waals surface area contributed by atoms with E-state index < -0.39 is 0 Å². The van der Waals surface area contributed by atoms with Crippen molar-refractivity contribution in [1.29, 1.82) is 0 Å². The lowest BCUT2D eigenvalue weighted by Crippen LogP contribution is -2.35. The minimum atomic E-state index is 0.0288. The lowest BCUT2D eigenvalue weighted by molar-refractivity contribution is -0.125. The van der Waals surface area contributed by atoms with Gasteiger partial charge < -0.3 is 5.32 Å². The summed E-state index contributed by atoms with van der Waals surface area (Å²) in [6.07, 6.45) is 5.58. The number of carbonyl (C=O) groups excluding carboxylic acids is 1. The molecule has 15 heavy (non-hydrogen) atoms. The Bertz CT molecular complexity index is 241. The third-order valence-electron chi connectivity index (χ3n) is 2.05. The van der Waals surface area contributed by atoms with E-state index in [4.69, 9.17) is 0 Å². The van der Waals surface area contributed by atoms with Crippen LogP contribution in [0.25, 0.3) is 0 Å². The Morgan fingerprint density at radius 3 is 2.47 bits per heavy atom. The molecule has 0 aromatic carbocycles. The summed E-state index contributed by atoms with van der Waals surface area (Å²) in [6, 6.07) is 0.204. The number of nitrogens with one attached hydrogen (secondary N) is 1. The molecular formula is C13H23NO. The second kappa shape index (κ2) is 7.27. The molecule has 0 spiro atoms. The zero-order chi connectivity index (χ0) is 11.8. The van der Waals surface area contributed by atoms with Crippen molar-refractivity contribution in [3.8, 4) is 0 Å². The van der Waals surface area contributed by atoms with Gasteiger partial charge in [0.15, 0.2) is 0 Å². The molecule has 0 aliphatic carbocycles. The minimum absolute atomic E-state index is 0.0288. The highest BCUT2D eigenvalue weighted by Crippen LogP contribution is 2.15. The monoisotopic (exact) mass is 209 g/mol. The van der Waals surface area contributed by atoms with Crippen molar-refractivity contribution in [3.05, 3.63) is 24.3 Å². The van der Waals surface area contributed by atoms with Crippen molar-refractivity contribution < 1.29 is 4.79 Å². The number of amides is 1. The van der Waals surface area contributed by atoms with Crippen LogP contribution in [-0.4, -0.2) is 11.9 Å². The zero-order valence-corrected chi connectivity index (χ0v) is 10.3. The summed E-state index contributed by atoms with van der Waals surface area (Å²) in [5.41, 5.74) is 1.06. The fourth-order valence-electron chi connectivity index (χ4n) is 1.41. The lowest BCUT2D eigenvalue weighted by Gasteiger charge is -2.17. The van der Waals surface area contributed by atoms with Crippen LogP contribution in [-0.2, 0) is 4.79 Å². The van der Waals surface area contributed by atoms with Crippen LogP contribution >= 0.6 is 0 Å². The SMILES string of the molecule is C=C(C)CC(C/C=C/C)C(=O)NC(C)C. The van der Waals surface area contributed by atoms with Crippen LogP contribution in [0.1, 0.15) is 40.5 Å². The summed E-state index contributed by atoms with van der Waals surface area (Å²) in [6.45, 7) is 11.7. The van der Waals surface area contributed by atoms with Gasteiger partial charge in [0, 0.05) is 12.0 Å². The first-order valence-corrected chi connectivity index (χ1v) is 5.53. The van der Waals surface area contributed by atoms with Gasteiger partial charge in [0.1, 0.15) is 0 Å². The largest absolute Gasteiger partial charge is 0.354 e. The first kappa shape index (κ1) is 13.9. The predicted molar refractivity (Wildman–Crippen MR) is 65.6 cm³/mol. The van der Waals surface area contributed by atoms with E-state index in [9.17, 15) is 4.79 Å². The van der Waals surface area contributed by atoms with Gasteiger partial charge in [-0.2, -0.15) is 0 Å². The first-order valence-electron chi connectivity index (χ1n) is 5.53. The molecule has 0 aromatic heterocycles. The topological polar surface area (TPSA) is 29.1 Å². The van der Waals surface area contributed by atoms with Crippen molar-refractivity contribution in [2.75, 3.05) is 0 Å². The van der Waals surface area contributed by atoms with Crippen LogP contribution in [0.2, 0.25) is 0 Å². The van der Waals surface area contributed by atoms with E-state index in [2.05, 4.69) is 11.9 Å². The first-order chi connectivity index (χ1) is 6.97. The molecule has 86 valence electrons. The highest BCUT2D eigenvalue weighted by atomic mass is 16.1. The summed E-state index contributed by atoms with van der Waals surface area (Å²) in [4.78, 5) is 11.8. The Kier molecular flexibility index (Phi) is 6.76. The molecule has 0 aliphatic heterocycles. The predicted octanol–water partition coefficient (Wildman–Crippen LogP) is 3.06. The van der Waals surface area contributed by atoms with E-state index in [1.807, 2.05) is 39.8 Å². The molecule has 1 N–H and O–H groups in total. The van der Waals surface area contributed by atoms with E-state index in [-0.39, 0.29) is 17.9 Å². The van der Waals surface area contributed by atoms with Crippen LogP contribution in [0.3, 0.4) is 0 Å². The summed E-state index contributed by atoms with van der Waals surface area (Å²) in [7, 11) is 0. The number of allylic oxidation sites excluding steroid dienone is 3. The molecular weight excluding hydrogens is 186 g/mol. The van der Waals surface area contributed by atoms with Gasteiger partial charge in [0.2, 0.25) is 5.91 Å². The maximum Gasteiger partial charge on any atom is 0.223 e. The van der Waals surface area contributed by atoms with E-state index in [0.29, 0.717) is 0 Å². The molecule has 0 fully saturated rings. The molecule has 1 unspecified atom stereocenters. The molecule has 1 amide bonds. The van der Waals surface area contributed by atoms with Crippen molar-refractivity contribution in [1.82, 2.24) is 5.32 Å². The summed E-state index contributed by atoms with van der Waals surface area (Å²) in [5, 5.41) is 2.94. The minimum Gasteiger partial charge on any atom is -0.354 e. The van der Waals surface area contributed by atoms with Gasteiger partial charge in [-0.3, -0.25) is 4.79 Å². The quantitative estimate of drug-likeness (QED) is 0.669. The van der Waals surface area contributed by atoms with Gasteiger partial charge in [0.05, 0.1) is 0 Å². The van der Waals surface area contributed by atoms with Gasteiger partial charge >= 0.3 is 0 Å². The highest BCUT2D eigenvalue weighted by Gasteiger charge is 2.17. The number of carbonyl (C=O) groups is 1. The molecule has 0 aromatic rings. The van der Waals surface area contributed by atoms with Gasteiger partial charge in [-0.1, -0.05) is 17.7 Å². The molecule has 0 radical (unpaired) electrons. The normalized spacial score (nSPS) is 13.1. The van der Waals surface area contributed by atoms with Crippen molar-refractivity contribution >= 4 is 5.91 Å². The average Bonchev–Trinajstić information content (AvgIpc) is 2.10. The fourth-order valence-corrected chi connectivity index (χ4v) is 1.41. The van der Waals surface area contributed by atoms with Crippen LogP contribution in [0.5, 0.6) is 0 Å². The Morgan fingerprint density at radius 2 is 2.07 bits per heavy atom. The van der Waals surface area contributed by atoms with E-state index in [1.165, 1.54) is 0 Å². The third kappa shape index (κ3) is 6.95. The second-order valence-electron chi connectivity index (χ2n) is 4.33. The summed E-state index contributed by atoms with van der Waals surface area (Å²) in [5.74, 6) is 0.159. The molecule has 0 saturated carbocycles. The molecule has 0 saturated heterocycles. The average molecular weight is 209 g/mol. The molecule has 0 heterocycles. The molecule has 0 rings (SSSR count). The van der Waals surface area contributed by atoms with E-state index in [1.54, 1.807) is 0 Å². The van der Waals surface area contributed by atoms with Gasteiger partial charge in [-0.25, -0.2) is 0 Å². The van der Waals surface area contributed by atoms with Crippen LogP contribution in [0.15, 0.2) is 24.3 Å². The van der Waals surface area contributed by atoms with Crippen LogP contribution in [0.4, 0.5) is 0 Å². The maximum absolute atomic E-state index is 11.8. The number of rotatable bonds is 6. The van der Waals surface area contributed by atoms with E-state index in [0.717, 1.165) is 18.4 Å². The Morgan fingerprint density at radius 1 is 1.47 bits per heavy atom. The summed E-state index contributed by atoms with van der Waals surface area (Å²) >= 11 is 0. The van der Waals surface area contributed by atoms with Gasteiger partial charge in [0.25, 0.3) is 0 Å². The smallest absolute Gasteiger partial charge is 0.223 e. The molecule has 0 bridgehead atoms. The molecule has 1 atom stereocenters. The molecule has 0 aliphatic rings. The van der Waals surface area contributed by atoms with Crippen molar-refractivity contribution in [3.63, 3.8) is 0 Å². The van der Waals surface area contributed by atoms with Gasteiger partial charge in [-0.15, -0.1) is 6.58 Å². The maximum atomic E-state index is 11.8. The number of hydrogen-bond donors (Lipinski definition) is 1. The number of hydrogen-bond acceptors (Lipinski definition) is 1.